The lowest BCUT2D eigenvalue weighted by molar-refractivity contribution is -0.187. The van der Waals surface area contributed by atoms with Crippen LogP contribution < -0.4 is 4.90 Å². The first-order chi connectivity index (χ1) is 15.8. The Bertz CT molecular complexity index is 1270. The lowest BCUT2D eigenvalue weighted by atomic mass is 9.95. The standard InChI is InChI=1S/C21H21F3N8O/c1-30-6-4-13(5-7-30)17-28-29-18(33-17)19-9-20(19,21(22,23)24)11-31(10-19)15-3-2-14(8-25)16-26-12-27-32(15)16/h2-3,12-13H,4-7,9-11H2,1H3/t19-,20-/m0/s1. The number of alkyl halides is 3. The molecule has 5 heterocycles. The SMILES string of the molecule is CN1CCC(c2nnc([C@]34CN(c5ccc(C#N)c6ncnn56)C[C@@]3(C(F)(F)F)C4)o2)CC1. The molecule has 172 valence electrons. The molecule has 0 N–H and O–H groups in total. The van der Waals surface area contributed by atoms with Gasteiger partial charge >= 0.3 is 6.18 Å². The predicted octanol–water partition coefficient (Wildman–Crippen LogP) is 2.50. The molecular weight excluding hydrogens is 437 g/mol. The zero-order valence-electron chi connectivity index (χ0n) is 17.9. The Balaban J connectivity index is 1.36. The van der Waals surface area contributed by atoms with Gasteiger partial charge in [0.2, 0.25) is 11.8 Å². The number of halogens is 3. The first kappa shape index (κ1) is 20.4. The quantitative estimate of drug-likeness (QED) is 0.590. The Morgan fingerprint density at radius 2 is 1.97 bits per heavy atom. The molecule has 0 bridgehead atoms. The van der Waals surface area contributed by atoms with E-state index in [9.17, 15) is 18.4 Å². The van der Waals surface area contributed by atoms with Crippen LogP contribution in [0.2, 0.25) is 0 Å². The van der Waals surface area contributed by atoms with Crippen molar-refractivity contribution in [2.45, 2.75) is 36.8 Å². The second-order valence-electron chi connectivity index (χ2n) is 9.43. The molecule has 12 heteroatoms. The third kappa shape index (κ3) is 2.75. The lowest BCUT2D eigenvalue weighted by Gasteiger charge is -2.26. The number of pyridine rings is 1. The van der Waals surface area contributed by atoms with Crippen LogP contribution in [0.5, 0.6) is 0 Å². The van der Waals surface area contributed by atoms with Crippen LogP contribution in [0.1, 0.15) is 42.5 Å². The van der Waals surface area contributed by atoms with Gasteiger partial charge in [-0.3, -0.25) is 0 Å². The van der Waals surface area contributed by atoms with Crippen LogP contribution in [0.15, 0.2) is 22.9 Å². The van der Waals surface area contributed by atoms with E-state index >= 15 is 0 Å². The van der Waals surface area contributed by atoms with Gasteiger partial charge in [-0.05, 0) is 51.5 Å². The smallest absolute Gasteiger partial charge is 0.397 e. The summed E-state index contributed by atoms with van der Waals surface area (Å²) in [6, 6.07) is 5.20. The van der Waals surface area contributed by atoms with Crippen LogP contribution in [0, 0.1) is 16.7 Å². The van der Waals surface area contributed by atoms with Gasteiger partial charge < -0.3 is 14.2 Å². The maximum Gasteiger partial charge on any atom is 0.397 e. The summed E-state index contributed by atoms with van der Waals surface area (Å²) < 4.78 is 50.5. The highest BCUT2D eigenvalue weighted by atomic mass is 19.4. The van der Waals surface area contributed by atoms with Crippen LogP contribution in [-0.4, -0.2) is 69.1 Å². The number of piperidine rings is 2. The van der Waals surface area contributed by atoms with Gasteiger partial charge in [0, 0.05) is 19.0 Å². The number of hydrogen-bond acceptors (Lipinski definition) is 8. The number of anilines is 1. The Morgan fingerprint density at radius 3 is 2.70 bits per heavy atom. The van der Waals surface area contributed by atoms with Gasteiger partial charge in [0.15, 0.2) is 5.65 Å². The number of likely N-dealkylation sites (tertiary alicyclic amines) is 1. The lowest BCUT2D eigenvalue weighted by Crippen LogP contribution is -2.34. The van der Waals surface area contributed by atoms with E-state index in [1.807, 2.05) is 13.1 Å². The summed E-state index contributed by atoms with van der Waals surface area (Å²) in [5, 5.41) is 21.7. The van der Waals surface area contributed by atoms with Crippen molar-refractivity contribution < 1.29 is 17.6 Å². The third-order valence-electron chi connectivity index (χ3n) is 7.63. The van der Waals surface area contributed by atoms with Crippen molar-refractivity contribution in [2.24, 2.45) is 5.41 Å². The van der Waals surface area contributed by atoms with E-state index in [1.54, 1.807) is 17.0 Å². The van der Waals surface area contributed by atoms with Crippen molar-refractivity contribution >= 4 is 11.5 Å². The molecule has 0 radical (unpaired) electrons. The molecule has 1 aliphatic carbocycles. The summed E-state index contributed by atoms with van der Waals surface area (Å²) in [7, 11) is 2.04. The number of aromatic nitrogens is 5. The highest BCUT2D eigenvalue weighted by molar-refractivity contribution is 5.62. The highest BCUT2D eigenvalue weighted by Gasteiger charge is 2.86. The monoisotopic (exact) mass is 458 g/mol. The summed E-state index contributed by atoms with van der Waals surface area (Å²) in [4.78, 5) is 7.94. The Morgan fingerprint density at radius 1 is 1.18 bits per heavy atom. The number of hydrogen-bond donors (Lipinski definition) is 0. The first-order valence-electron chi connectivity index (χ1n) is 10.8. The van der Waals surface area contributed by atoms with Crippen LogP contribution >= 0.6 is 0 Å². The van der Waals surface area contributed by atoms with Gasteiger partial charge in [-0.1, -0.05) is 0 Å². The molecule has 3 aromatic rings. The van der Waals surface area contributed by atoms with E-state index in [4.69, 9.17) is 4.42 Å². The van der Waals surface area contributed by atoms with E-state index in [0.29, 0.717) is 22.9 Å². The fourth-order valence-electron chi connectivity index (χ4n) is 5.64. The minimum Gasteiger partial charge on any atom is -0.424 e. The molecule has 2 saturated heterocycles. The summed E-state index contributed by atoms with van der Waals surface area (Å²) in [5.74, 6) is 1.03. The molecule has 0 amide bonds. The van der Waals surface area contributed by atoms with Gasteiger partial charge in [-0.25, -0.2) is 4.98 Å². The van der Waals surface area contributed by atoms with E-state index < -0.39 is 17.0 Å². The topological polar surface area (TPSA) is 99.4 Å². The van der Waals surface area contributed by atoms with Crippen molar-refractivity contribution in [3.8, 4) is 6.07 Å². The predicted molar refractivity (Wildman–Crippen MR) is 108 cm³/mol. The van der Waals surface area contributed by atoms with Crippen molar-refractivity contribution in [2.75, 3.05) is 38.1 Å². The molecular formula is C21H21F3N8O. The van der Waals surface area contributed by atoms with E-state index in [-0.39, 0.29) is 31.3 Å². The molecule has 0 aromatic carbocycles. The van der Waals surface area contributed by atoms with Crippen LogP contribution in [-0.2, 0) is 5.41 Å². The number of nitrogens with zero attached hydrogens (tertiary/aromatic N) is 8. The molecule has 3 aliphatic rings. The van der Waals surface area contributed by atoms with Crippen molar-refractivity contribution in [1.82, 2.24) is 29.7 Å². The van der Waals surface area contributed by atoms with E-state index in [2.05, 4.69) is 25.2 Å². The van der Waals surface area contributed by atoms with E-state index in [0.717, 1.165) is 25.9 Å². The normalized spacial score (nSPS) is 28.3. The summed E-state index contributed by atoms with van der Waals surface area (Å²) in [5.41, 5.74) is -2.63. The molecule has 2 aliphatic heterocycles. The number of fused-ring (bicyclic) bond motifs is 2. The fourth-order valence-corrected chi connectivity index (χ4v) is 5.64. The van der Waals surface area contributed by atoms with Crippen LogP contribution in [0.4, 0.5) is 19.0 Å². The second kappa shape index (κ2) is 6.66. The van der Waals surface area contributed by atoms with Crippen LogP contribution in [0.25, 0.3) is 5.65 Å². The van der Waals surface area contributed by atoms with Gasteiger partial charge in [-0.15, -0.1) is 10.2 Å². The van der Waals surface area contributed by atoms with E-state index in [1.165, 1.54) is 10.8 Å². The first-order valence-corrected chi connectivity index (χ1v) is 10.8. The average molecular weight is 458 g/mol. The zero-order chi connectivity index (χ0) is 23.0. The van der Waals surface area contributed by atoms with Crippen molar-refractivity contribution in [1.29, 1.82) is 5.26 Å². The molecule has 9 nitrogen and oxygen atoms in total. The van der Waals surface area contributed by atoms with Gasteiger partial charge in [0.05, 0.1) is 11.0 Å². The average Bonchev–Trinajstić information content (AvgIpc) is 3.26. The molecule has 0 spiro atoms. The molecule has 0 unspecified atom stereocenters. The van der Waals surface area contributed by atoms with Crippen molar-refractivity contribution in [3.05, 3.63) is 35.8 Å². The minimum atomic E-state index is -4.43. The Kier molecular flexibility index (Phi) is 4.12. The van der Waals surface area contributed by atoms with Gasteiger partial charge in [-0.2, -0.15) is 28.0 Å². The van der Waals surface area contributed by atoms with Crippen molar-refractivity contribution in [3.63, 3.8) is 0 Å². The third-order valence-corrected chi connectivity index (χ3v) is 7.63. The summed E-state index contributed by atoms with van der Waals surface area (Å²) >= 11 is 0. The summed E-state index contributed by atoms with van der Waals surface area (Å²) in [6.45, 7) is 1.60. The van der Waals surface area contributed by atoms with Gasteiger partial charge in [0.25, 0.3) is 0 Å². The Labute approximate surface area is 186 Å². The minimum absolute atomic E-state index is 0.0692. The molecule has 3 fully saturated rings. The maximum absolute atomic E-state index is 14.4. The Hall–Kier alpha value is -3.20. The molecule has 33 heavy (non-hydrogen) atoms. The molecule has 2 atom stereocenters. The highest BCUT2D eigenvalue weighted by Crippen LogP contribution is 2.75. The largest absolute Gasteiger partial charge is 0.424 e. The zero-order valence-corrected chi connectivity index (χ0v) is 17.9. The molecule has 1 saturated carbocycles. The number of nitriles is 1. The molecule has 6 rings (SSSR count). The second-order valence-corrected chi connectivity index (χ2v) is 9.43. The number of rotatable bonds is 3. The van der Waals surface area contributed by atoms with Crippen LogP contribution in [0.3, 0.4) is 0 Å². The molecule has 3 aromatic heterocycles. The van der Waals surface area contributed by atoms with Gasteiger partial charge in [0.1, 0.15) is 23.6 Å². The maximum atomic E-state index is 14.4. The fraction of sp³-hybridized carbons (Fsp3) is 0.571. The summed E-state index contributed by atoms with van der Waals surface area (Å²) in [6.07, 6.45) is -1.53.